The van der Waals surface area contributed by atoms with Crippen LogP contribution in [0.1, 0.15) is 10.8 Å². The summed E-state index contributed by atoms with van der Waals surface area (Å²) in [5.41, 5.74) is 7.22. The molecule has 0 aliphatic carbocycles. The number of carbonyl (C=O) groups is 1. The van der Waals surface area contributed by atoms with E-state index in [1.54, 1.807) is 19.2 Å². The van der Waals surface area contributed by atoms with Gasteiger partial charge in [0.05, 0.1) is 18.0 Å². The van der Waals surface area contributed by atoms with Crippen LogP contribution in [-0.4, -0.2) is 37.3 Å². The number of anilines is 1. The lowest BCUT2D eigenvalue weighted by molar-refractivity contribution is -0.126. The second kappa shape index (κ2) is 7.66. The van der Waals surface area contributed by atoms with Crippen molar-refractivity contribution in [3.05, 3.63) is 53.1 Å². The Kier molecular flexibility index (Phi) is 5.54. The number of hydrogen-bond donors (Lipinski definition) is 2. The first-order valence-electron chi connectivity index (χ1n) is 7.85. The minimum Gasteiger partial charge on any atom is -0.497 e. The van der Waals surface area contributed by atoms with Gasteiger partial charge in [0.25, 0.3) is 5.91 Å². The smallest absolute Gasteiger partial charge is 0.257 e. The highest BCUT2D eigenvalue weighted by Gasteiger charge is 2.37. The fourth-order valence-electron chi connectivity index (χ4n) is 2.82. The number of rotatable bonds is 4. The van der Waals surface area contributed by atoms with Crippen molar-refractivity contribution in [2.24, 2.45) is 5.73 Å². The molecular formula is C18H19ClN2O3S. The molecule has 25 heavy (non-hydrogen) atoms. The van der Waals surface area contributed by atoms with Crippen LogP contribution in [0.15, 0.2) is 47.4 Å². The maximum absolute atomic E-state index is 12.8. The number of halogens is 1. The van der Waals surface area contributed by atoms with Crippen molar-refractivity contribution in [3.8, 4) is 5.75 Å². The summed E-state index contributed by atoms with van der Waals surface area (Å²) in [5.74, 6) is 0.358. The summed E-state index contributed by atoms with van der Waals surface area (Å²) in [5, 5.41) is 10.9. The van der Waals surface area contributed by atoms with Crippen LogP contribution in [0.3, 0.4) is 0 Å². The molecule has 1 aliphatic heterocycles. The van der Waals surface area contributed by atoms with Gasteiger partial charge in [-0.05, 0) is 35.9 Å². The Morgan fingerprint density at radius 3 is 2.64 bits per heavy atom. The van der Waals surface area contributed by atoms with E-state index in [-0.39, 0.29) is 5.91 Å². The Labute approximate surface area is 155 Å². The molecule has 1 aliphatic rings. The zero-order chi connectivity index (χ0) is 18.0. The van der Waals surface area contributed by atoms with Gasteiger partial charge in [0.2, 0.25) is 0 Å². The summed E-state index contributed by atoms with van der Waals surface area (Å²) < 4.78 is 5.17. The third-order valence-electron chi connectivity index (χ3n) is 4.07. The maximum Gasteiger partial charge on any atom is 0.257 e. The molecule has 2 aromatic carbocycles. The Morgan fingerprint density at radius 2 is 2.00 bits per heavy atom. The summed E-state index contributed by atoms with van der Waals surface area (Å²) >= 11 is 7.56. The molecule has 2 aromatic rings. The van der Waals surface area contributed by atoms with Crippen LogP contribution in [-0.2, 0) is 4.79 Å². The minimum atomic E-state index is -1.18. The second-order valence-corrected chi connectivity index (χ2v) is 7.27. The first kappa shape index (κ1) is 18.1. The number of amides is 1. The number of hydrogen-bond acceptors (Lipinski definition) is 5. The van der Waals surface area contributed by atoms with Crippen LogP contribution < -0.4 is 15.4 Å². The number of thioether (sulfide) groups is 1. The molecular weight excluding hydrogens is 360 g/mol. The van der Waals surface area contributed by atoms with Crippen LogP contribution >= 0.6 is 23.4 Å². The van der Waals surface area contributed by atoms with Crippen molar-refractivity contribution in [2.45, 2.75) is 16.2 Å². The van der Waals surface area contributed by atoms with Crippen LogP contribution in [0.4, 0.5) is 5.69 Å². The van der Waals surface area contributed by atoms with E-state index in [0.29, 0.717) is 18.1 Å². The number of benzene rings is 2. The molecule has 0 spiro atoms. The van der Waals surface area contributed by atoms with Gasteiger partial charge in [-0.1, -0.05) is 23.7 Å². The molecule has 0 aromatic heterocycles. The highest BCUT2D eigenvalue weighted by molar-refractivity contribution is 7.99. The lowest BCUT2D eigenvalue weighted by atomic mass is 10.1. The van der Waals surface area contributed by atoms with Crippen molar-refractivity contribution in [1.82, 2.24) is 0 Å². The van der Waals surface area contributed by atoms with E-state index >= 15 is 0 Å². The number of aliphatic hydroxyl groups is 1. The fourth-order valence-corrected chi connectivity index (χ4v) is 4.36. The Balaban J connectivity index is 2.05. The number of fused-ring (bicyclic) bond motifs is 1. The van der Waals surface area contributed by atoms with Gasteiger partial charge in [-0.2, -0.15) is 0 Å². The molecule has 2 atom stereocenters. The molecule has 1 amide bonds. The predicted octanol–water partition coefficient (Wildman–Crippen LogP) is 2.85. The van der Waals surface area contributed by atoms with E-state index in [2.05, 4.69) is 0 Å². The Hall–Kier alpha value is -1.73. The Bertz CT molecular complexity index is 769. The molecule has 0 saturated carbocycles. The lowest BCUT2D eigenvalue weighted by Gasteiger charge is -2.24. The summed E-state index contributed by atoms with van der Waals surface area (Å²) in [6, 6.07) is 12.7. The molecule has 1 heterocycles. The third kappa shape index (κ3) is 3.62. The van der Waals surface area contributed by atoms with Gasteiger partial charge in [0.1, 0.15) is 11.9 Å². The molecule has 7 heteroatoms. The summed E-state index contributed by atoms with van der Waals surface area (Å²) in [6.45, 7) is 0.638. The van der Waals surface area contributed by atoms with Crippen molar-refractivity contribution in [2.75, 3.05) is 25.1 Å². The molecule has 132 valence electrons. The summed E-state index contributed by atoms with van der Waals surface area (Å²) in [4.78, 5) is 15.2. The average Bonchev–Trinajstić information content (AvgIpc) is 2.72. The van der Waals surface area contributed by atoms with Crippen molar-refractivity contribution >= 4 is 35.0 Å². The first-order valence-corrected chi connectivity index (χ1v) is 9.10. The number of nitrogens with zero attached hydrogens (tertiary/aromatic N) is 1. The van der Waals surface area contributed by atoms with E-state index in [1.807, 2.05) is 30.3 Å². The van der Waals surface area contributed by atoms with Crippen LogP contribution in [0.25, 0.3) is 0 Å². The van der Waals surface area contributed by atoms with Crippen molar-refractivity contribution in [3.63, 3.8) is 0 Å². The van der Waals surface area contributed by atoms with Crippen LogP contribution in [0.5, 0.6) is 5.75 Å². The molecule has 0 bridgehead atoms. The first-order chi connectivity index (χ1) is 12.0. The van der Waals surface area contributed by atoms with E-state index < -0.39 is 11.4 Å². The largest absolute Gasteiger partial charge is 0.497 e. The number of methoxy groups -OCH3 is 1. The highest BCUT2D eigenvalue weighted by Crippen LogP contribution is 2.46. The standard InChI is InChI=1S/C18H19ClN2O3S/c1-24-13-5-2-11(3-6-13)17-16(22)18(23)21(9-8-20)14-7-4-12(19)10-15(14)25-17/h2-7,10,16-17,22H,8-9,20H2,1H3/t16-,17+/m0/s1. The zero-order valence-corrected chi connectivity index (χ0v) is 15.3. The van der Waals surface area contributed by atoms with Crippen LogP contribution in [0.2, 0.25) is 5.02 Å². The van der Waals surface area contributed by atoms with E-state index in [9.17, 15) is 9.90 Å². The van der Waals surface area contributed by atoms with E-state index in [0.717, 1.165) is 21.9 Å². The zero-order valence-electron chi connectivity index (χ0n) is 13.7. The topological polar surface area (TPSA) is 75.8 Å². The third-order valence-corrected chi connectivity index (χ3v) is 5.67. The Morgan fingerprint density at radius 1 is 1.28 bits per heavy atom. The monoisotopic (exact) mass is 378 g/mol. The second-order valence-electron chi connectivity index (χ2n) is 5.65. The van der Waals surface area contributed by atoms with Crippen LogP contribution in [0, 0.1) is 0 Å². The normalized spacial score (nSPS) is 20.2. The van der Waals surface area contributed by atoms with Gasteiger partial charge in [0, 0.05) is 23.0 Å². The van der Waals surface area contributed by atoms with Crippen molar-refractivity contribution < 1.29 is 14.6 Å². The molecule has 0 fully saturated rings. The molecule has 5 nitrogen and oxygen atoms in total. The predicted molar refractivity (Wildman–Crippen MR) is 100 cm³/mol. The molecule has 3 N–H and O–H groups in total. The van der Waals surface area contributed by atoms with Gasteiger partial charge in [-0.15, -0.1) is 11.8 Å². The van der Waals surface area contributed by atoms with Gasteiger partial charge in [-0.3, -0.25) is 4.79 Å². The minimum absolute atomic E-state index is 0.304. The quantitative estimate of drug-likeness (QED) is 0.855. The number of ether oxygens (including phenoxy) is 1. The van der Waals surface area contributed by atoms with Gasteiger partial charge in [-0.25, -0.2) is 0 Å². The lowest BCUT2D eigenvalue weighted by Crippen LogP contribution is -2.42. The SMILES string of the molecule is COc1ccc([C@H]2Sc3cc(Cl)ccc3N(CCN)C(=O)[C@H]2O)cc1. The summed E-state index contributed by atoms with van der Waals surface area (Å²) in [6.07, 6.45) is -1.18. The van der Waals surface area contributed by atoms with Crippen molar-refractivity contribution in [1.29, 1.82) is 0 Å². The summed E-state index contributed by atoms with van der Waals surface area (Å²) in [7, 11) is 1.59. The molecule has 3 rings (SSSR count). The highest BCUT2D eigenvalue weighted by atomic mass is 35.5. The molecule has 0 saturated heterocycles. The number of aliphatic hydroxyl groups excluding tert-OH is 1. The molecule has 0 unspecified atom stereocenters. The number of carbonyl (C=O) groups excluding carboxylic acids is 1. The average molecular weight is 379 g/mol. The fraction of sp³-hybridized carbons (Fsp3) is 0.278. The number of nitrogens with two attached hydrogens (primary N) is 1. The molecule has 0 radical (unpaired) electrons. The van der Waals surface area contributed by atoms with Gasteiger partial charge < -0.3 is 20.5 Å². The van der Waals surface area contributed by atoms with E-state index in [4.69, 9.17) is 22.1 Å². The van der Waals surface area contributed by atoms with Gasteiger partial charge >= 0.3 is 0 Å². The van der Waals surface area contributed by atoms with E-state index in [1.165, 1.54) is 16.7 Å². The maximum atomic E-state index is 12.8. The van der Waals surface area contributed by atoms with Gasteiger partial charge in [0.15, 0.2) is 0 Å².